The molecule has 0 aliphatic carbocycles. The van der Waals surface area contributed by atoms with Crippen LogP contribution in [0.1, 0.15) is 71.8 Å². The Morgan fingerprint density at radius 1 is 0.955 bits per heavy atom. The molecule has 2 rings (SSSR count). The largest absolute Gasteiger partial charge is 0.481 e. The molecule has 244 valence electrons. The summed E-state index contributed by atoms with van der Waals surface area (Å²) in [5, 5.41) is 26.7. The van der Waals surface area contributed by atoms with Crippen molar-refractivity contribution in [1.82, 2.24) is 20.9 Å². The molecule has 44 heavy (non-hydrogen) atoms. The van der Waals surface area contributed by atoms with Crippen molar-refractivity contribution in [3.05, 3.63) is 35.9 Å². The number of hydrogen-bond acceptors (Lipinski definition) is 7. The fraction of sp³-hybridized carbons (Fsp3) is 0.613. The van der Waals surface area contributed by atoms with Crippen molar-refractivity contribution in [3.8, 4) is 0 Å². The van der Waals surface area contributed by atoms with Gasteiger partial charge in [-0.15, -0.1) is 0 Å². The summed E-state index contributed by atoms with van der Waals surface area (Å²) < 4.78 is 0. The lowest BCUT2D eigenvalue weighted by atomic mass is 9.97. The van der Waals surface area contributed by atoms with Crippen LogP contribution >= 0.6 is 0 Å². The van der Waals surface area contributed by atoms with Crippen LogP contribution in [0.2, 0.25) is 0 Å². The first-order valence-corrected chi connectivity index (χ1v) is 15.2. The quantitative estimate of drug-likeness (QED) is 0.147. The van der Waals surface area contributed by atoms with Gasteiger partial charge >= 0.3 is 11.9 Å². The molecule has 1 aromatic rings. The van der Waals surface area contributed by atoms with Crippen molar-refractivity contribution in [3.63, 3.8) is 0 Å². The van der Waals surface area contributed by atoms with Gasteiger partial charge in [0.2, 0.25) is 23.6 Å². The zero-order valence-electron chi connectivity index (χ0n) is 26.0. The van der Waals surface area contributed by atoms with Gasteiger partial charge in [0.25, 0.3) is 0 Å². The molecular formula is C31H47N5O8. The van der Waals surface area contributed by atoms with Gasteiger partial charge in [0.1, 0.15) is 24.2 Å². The van der Waals surface area contributed by atoms with Crippen LogP contribution in [-0.4, -0.2) is 87.4 Å². The fourth-order valence-electron chi connectivity index (χ4n) is 5.16. The number of carboxylic acids is 2. The third-order valence-corrected chi connectivity index (χ3v) is 7.86. The monoisotopic (exact) mass is 617 g/mol. The predicted octanol–water partition coefficient (Wildman–Crippen LogP) is 1.04. The Morgan fingerprint density at radius 3 is 2.16 bits per heavy atom. The van der Waals surface area contributed by atoms with Gasteiger partial charge in [-0.1, -0.05) is 64.4 Å². The summed E-state index contributed by atoms with van der Waals surface area (Å²) >= 11 is 0. The molecule has 0 radical (unpaired) electrons. The number of benzene rings is 1. The van der Waals surface area contributed by atoms with Gasteiger partial charge in [-0.2, -0.15) is 0 Å². The Labute approximate surface area is 258 Å². The summed E-state index contributed by atoms with van der Waals surface area (Å²) in [5.41, 5.74) is 6.67. The first-order chi connectivity index (χ1) is 20.7. The number of nitrogens with one attached hydrogen (secondary N) is 3. The third kappa shape index (κ3) is 10.9. The van der Waals surface area contributed by atoms with Crippen molar-refractivity contribution in [2.45, 2.75) is 103 Å². The molecular weight excluding hydrogens is 570 g/mol. The third-order valence-electron chi connectivity index (χ3n) is 7.86. The topological polar surface area (TPSA) is 208 Å². The van der Waals surface area contributed by atoms with Crippen LogP contribution < -0.4 is 21.7 Å². The number of carbonyl (C=O) groups excluding carboxylic acids is 4. The number of nitrogens with zero attached hydrogens (tertiary/aromatic N) is 1. The summed E-state index contributed by atoms with van der Waals surface area (Å²) in [4.78, 5) is 77.5. The van der Waals surface area contributed by atoms with Crippen LogP contribution in [0.25, 0.3) is 0 Å². The number of carbonyl (C=O) groups is 6. The molecule has 7 N–H and O–H groups in total. The molecule has 0 unspecified atom stereocenters. The maximum atomic E-state index is 13.6. The van der Waals surface area contributed by atoms with Crippen LogP contribution in [0, 0.1) is 11.8 Å². The van der Waals surface area contributed by atoms with E-state index in [-0.39, 0.29) is 44.1 Å². The van der Waals surface area contributed by atoms with E-state index in [1.807, 2.05) is 26.8 Å². The summed E-state index contributed by atoms with van der Waals surface area (Å²) in [6.45, 7) is 7.55. The zero-order valence-corrected chi connectivity index (χ0v) is 26.0. The van der Waals surface area contributed by atoms with Crippen LogP contribution in [0.3, 0.4) is 0 Å². The molecule has 0 bridgehead atoms. The molecule has 1 aliphatic heterocycles. The van der Waals surface area contributed by atoms with E-state index in [9.17, 15) is 33.9 Å². The van der Waals surface area contributed by atoms with Crippen LogP contribution in [0.4, 0.5) is 0 Å². The standard InChI is InChI=1S/C31H47N5O8/c1-5-19(4)26(31(43)44)35-28(40)23(17-20-10-7-6-8-11-20)33-27(39)22(16-18(2)3)34-29(41)24-12-9-15-36(24)30(42)21(32)13-14-25(37)38/h6-8,10-11,18-19,21-24,26H,5,9,12-17,32H2,1-4H3,(H,33,39)(H,34,41)(H,35,40)(H,37,38)(H,43,44)/t19-,21-,22-,23-,24-,26-/m0/s1. The molecule has 1 aliphatic rings. The summed E-state index contributed by atoms with van der Waals surface area (Å²) in [6.07, 6.45) is 1.38. The van der Waals surface area contributed by atoms with E-state index < -0.39 is 65.8 Å². The van der Waals surface area contributed by atoms with Crippen molar-refractivity contribution in [2.75, 3.05) is 6.54 Å². The number of nitrogens with two attached hydrogens (primary N) is 1. The van der Waals surface area contributed by atoms with E-state index in [0.717, 1.165) is 5.56 Å². The van der Waals surface area contributed by atoms with E-state index in [2.05, 4.69) is 16.0 Å². The lowest BCUT2D eigenvalue weighted by molar-refractivity contribution is -0.144. The SMILES string of the molecule is CC[C@H](C)[C@H](NC(=O)[C@H](Cc1ccccc1)NC(=O)[C@H](CC(C)C)NC(=O)[C@@H]1CCCN1C(=O)[C@@H](N)CCC(=O)O)C(=O)O. The average Bonchev–Trinajstić information content (AvgIpc) is 3.47. The number of aliphatic carboxylic acids is 2. The second kappa shape index (κ2) is 17.3. The Bertz CT molecular complexity index is 1160. The van der Waals surface area contributed by atoms with Crippen molar-refractivity contribution >= 4 is 35.6 Å². The predicted molar refractivity (Wildman–Crippen MR) is 162 cm³/mol. The van der Waals surface area contributed by atoms with E-state index in [4.69, 9.17) is 10.8 Å². The molecule has 13 heteroatoms. The second-order valence-electron chi connectivity index (χ2n) is 11.9. The fourth-order valence-corrected chi connectivity index (χ4v) is 5.16. The van der Waals surface area contributed by atoms with E-state index in [0.29, 0.717) is 19.3 Å². The molecule has 0 aromatic heterocycles. The molecule has 13 nitrogen and oxygen atoms in total. The molecule has 6 atom stereocenters. The molecule has 4 amide bonds. The highest BCUT2D eigenvalue weighted by molar-refractivity contribution is 5.95. The highest BCUT2D eigenvalue weighted by Crippen LogP contribution is 2.20. The van der Waals surface area contributed by atoms with E-state index in [1.165, 1.54) is 4.90 Å². The Morgan fingerprint density at radius 2 is 1.59 bits per heavy atom. The highest BCUT2D eigenvalue weighted by Gasteiger charge is 2.38. The number of likely N-dealkylation sites (tertiary alicyclic amines) is 1. The van der Waals surface area contributed by atoms with Gasteiger partial charge in [0.05, 0.1) is 6.04 Å². The molecule has 1 aromatic carbocycles. The molecule has 0 saturated carbocycles. The maximum absolute atomic E-state index is 13.6. The molecule has 1 fully saturated rings. The van der Waals surface area contributed by atoms with Crippen molar-refractivity contribution < 1.29 is 39.0 Å². The molecule has 1 heterocycles. The number of carboxylic acid groups (broad SMARTS) is 2. The normalized spacial score (nSPS) is 18.0. The summed E-state index contributed by atoms with van der Waals surface area (Å²) in [7, 11) is 0. The maximum Gasteiger partial charge on any atom is 0.326 e. The van der Waals surface area contributed by atoms with Gasteiger partial charge < -0.3 is 36.8 Å². The summed E-state index contributed by atoms with van der Waals surface area (Å²) in [5.74, 6) is -4.99. The van der Waals surface area contributed by atoms with E-state index >= 15 is 0 Å². The van der Waals surface area contributed by atoms with Crippen LogP contribution in [0.15, 0.2) is 30.3 Å². The minimum absolute atomic E-state index is 0.0278. The molecule has 0 spiro atoms. The lowest BCUT2D eigenvalue weighted by Crippen LogP contribution is -2.59. The van der Waals surface area contributed by atoms with Gasteiger partial charge in [-0.3, -0.25) is 24.0 Å². The smallest absolute Gasteiger partial charge is 0.326 e. The van der Waals surface area contributed by atoms with Gasteiger partial charge in [-0.25, -0.2) is 4.79 Å². The zero-order chi connectivity index (χ0) is 33.0. The Hall–Kier alpha value is -4.00. The average molecular weight is 618 g/mol. The van der Waals surface area contributed by atoms with Gasteiger partial charge in [0.15, 0.2) is 0 Å². The first-order valence-electron chi connectivity index (χ1n) is 15.2. The van der Waals surface area contributed by atoms with Crippen LogP contribution in [0.5, 0.6) is 0 Å². The minimum atomic E-state index is -1.18. The summed E-state index contributed by atoms with van der Waals surface area (Å²) in [6, 6.07) is 3.69. The molecule has 1 saturated heterocycles. The van der Waals surface area contributed by atoms with Gasteiger partial charge in [-0.05, 0) is 43.1 Å². The minimum Gasteiger partial charge on any atom is -0.481 e. The first kappa shape index (κ1) is 36.2. The Kier molecular flexibility index (Phi) is 14.3. The second-order valence-corrected chi connectivity index (χ2v) is 11.9. The Balaban J connectivity index is 2.24. The highest BCUT2D eigenvalue weighted by atomic mass is 16.4. The van der Waals surface area contributed by atoms with Crippen molar-refractivity contribution in [1.29, 1.82) is 0 Å². The number of amides is 4. The van der Waals surface area contributed by atoms with E-state index in [1.54, 1.807) is 31.2 Å². The van der Waals surface area contributed by atoms with Crippen LogP contribution in [-0.2, 0) is 35.2 Å². The lowest BCUT2D eigenvalue weighted by Gasteiger charge is -2.29. The number of rotatable bonds is 17. The van der Waals surface area contributed by atoms with Gasteiger partial charge in [0, 0.05) is 19.4 Å². The number of hydrogen-bond donors (Lipinski definition) is 6. The van der Waals surface area contributed by atoms with Crippen molar-refractivity contribution in [2.24, 2.45) is 17.6 Å².